The molecular weight excluding hydrogens is 296 g/mol. The first kappa shape index (κ1) is 16.7. The maximum absolute atomic E-state index is 12.7. The van der Waals surface area contributed by atoms with E-state index in [4.69, 9.17) is 0 Å². The molecule has 1 aliphatic carbocycles. The van der Waals surface area contributed by atoms with Gasteiger partial charge in [0, 0.05) is 19.1 Å². The molecule has 0 N–H and O–H groups in total. The molecule has 1 unspecified atom stereocenters. The molecule has 24 heavy (non-hydrogen) atoms. The van der Waals surface area contributed by atoms with Crippen LogP contribution < -0.4 is 0 Å². The van der Waals surface area contributed by atoms with E-state index in [0.717, 1.165) is 19.4 Å². The van der Waals surface area contributed by atoms with E-state index in [1.54, 1.807) is 0 Å². The maximum atomic E-state index is 12.7. The van der Waals surface area contributed by atoms with Gasteiger partial charge >= 0.3 is 0 Å². The molecule has 0 fully saturated rings. The van der Waals surface area contributed by atoms with E-state index in [-0.39, 0.29) is 5.91 Å². The number of amides is 1. The highest BCUT2D eigenvalue weighted by molar-refractivity contribution is 5.78. The number of carbonyl (C=O) groups is 1. The van der Waals surface area contributed by atoms with Crippen molar-refractivity contribution in [1.82, 2.24) is 9.80 Å². The summed E-state index contributed by atoms with van der Waals surface area (Å²) < 4.78 is 0. The zero-order valence-electron chi connectivity index (χ0n) is 14.6. The number of likely N-dealkylation sites (N-methyl/N-ethyl adjacent to an activating group) is 2. The van der Waals surface area contributed by atoms with Crippen LogP contribution in [0.1, 0.15) is 36.1 Å². The average Bonchev–Trinajstić information content (AvgIpc) is 3.04. The van der Waals surface area contributed by atoms with Crippen molar-refractivity contribution in [3.63, 3.8) is 0 Å². The SMILES string of the molecule is CCN(Cc1ccccc1)C(=O)CN(C)C1CCc2ccccc21. The molecule has 2 aromatic carbocycles. The number of nitrogens with zero attached hydrogens (tertiary/aromatic N) is 2. The molecule has 3 rings (SSSR count). The molecule has 0 aliphatic heterocycles. The summed E-state index contributed by atoms with van der Waals surface area (Å²) >= 11 is 0. The molecule has 1 atom stereocenters. The van der Waals surface area contributed by atoms with Gasteiger partial charge in [0.1, 0.15) is 0 Å². The van der Waals surface area contributed by atoms with Crippen molar-refractivity contribution in [2.24, 2.45) is 0 Å². The van der Waals surface area contributed by atoms with Crippen molar-refractivity contribution in [1.29, 1.82) is 0 Å². The second-order valence-corrected chi connectivity index (χ2v) is 6.56. The van der Waals surface area contributed by atoms with Gasteiger partial charge in [-0.25, -0.2) is 0 Å². The molecule has 1 aliphatic rings. The van der Waals surface area contributed by atoms with Crippen LogP contribution in [0.15, 0.2) is 54.6 Å². The lowest BCUT2D eigenvalue weighted by molar-refractivity contribution is -0.133. The van der Waals surface area contributed by atoms with Gasteiger partial charge in [-0.3, -0.25) is 9.69 Å². The minimum absolute atomic E-state index is 0.202. The van der Waals surface area contributed by atoms with E-state index >= 15 is 0 Å². The van der Waals surface area contributed by atoms with E-state index in [1.807, 2.05) is 30.0 Å². The zero-order valence-corrected chi connectivity index (χ0v) is 14.6. The molecule has 0 saturated heterocycles. The highest BCUT2D eigenvalue weighted by Crippen LogP contribution is 2.34. The molecule has 0 radical (unpaired) electrons. The fraction of sp³-hybridized carbons (Fsp3) is 0.381. The molecule has 0 spiro atoms. The van der Waals surface area contributed by atoms with Crippen LogP contribution in [0.4, 0.5) is 0 Å². The monoisotopic (exact) mass is 322 g/mol. The van der Waals surface area contributed by atoms with Crippen LogP contribution in [0.5, 0.6) is 0 Å². The summed E-state index contributed by atoms with van der Waals surface area (Å²) in [5.74, 6) is 0.202. The van der Waals surface area contributed by atoms with Gasteiger partial charge in [0.25, 0.3) is 0 Å². The summed E-state index contributed by atoms with van der Waals surface area (Å²) in [7, 11) is 2.07. The highest BCUT2D eigenvalue weighted by Gasteiger charge is 2.27. The van der Waals surface area contributed by atoms with Crippen LogP contribution in [0.25, 0.3) is 0 Å². The third-order valence-electron chi connectivity index (χ3n) is 4.97. The van der Waals surface area contributed by atoms with E-state index in [0.29, 0.717) is 19.1 Å². The van der Waals surface area contributed by atoms with Crippen molar-refractivity contribution >= 4 is 5.91 Å². The Labute approximate surface area is 144 Å². The Kier molecular flexibility index (Phi) is 5.31. The summed E-state index contributed by atoms with van der Waals surface area (Å²) in [6.45, 7) is 3.94. The number of aryl methyl sites for hydroxylation is 1. The first-order valence-electron chi connectivity index (χ1n) is 8.78. The highest BCUT2D eigenvalue weighted by atomic mass is 16.2. The van der Waals surface area contributed by atoms with Gasteiger partial charge in [0.05, 0.1) is 6.54 Å². The first-order chi connectivity index (χ1) is 11.7. The van der Waals surface area contributed by atoms with Gasteiger partial charge in [0.2, 0.25) is 5.91 Å². The number of hydrogen-bond donors (Lipinski definition) is 0. The fourth-order valence-corrected chi connectivity index (χ4v) is 3.60. The molecule has 3 heteroatoms. The molecule has 126 valence electrons. The molecule has 1 amide bonds. The Morgan fingerprint density at radius 2 is 1.79 bits per heavy atom. The Hall–Kier alpha value is -2.13. The van der Waals surface area contributed by atoms with Crippen LogP contribution in [-0.2, 0) is 17.8 Å². The van der Waals surface area contributed by atoms with Gasteiger partial charge in [-0.15, -0.1) is 0 Å². The zero-order chi connectivity index (χ0) is 16.9. The van der Waals surface area contributed by atoms with Crippen LogP contribution in [0.3, 0.4) is 0 Å². The first-order valence-corrected chi connectivity index (χ1v) is 8.78. The molecule has 3 nitrogen and oxygen atoms in total. The van der Waals surface area contributed by atoms with Crippen molar-refractivity contribution in [2.75, 3.05) is 20.1 Å². The fourth-order valence-electron chi connectivity index (χ4n) is 3.60. The third kappa shape index (κ3) is 3.68. The van der Waals surface area contributed by atoms with Gasteiger partial charge < -0.3 is 4.90 Å². The number of benzene rings is 2. The second-order valence-electron chi connectivity index (χ2n) is 6.56. The molecule has 0 saturated carbocycles. The number of carbonyl (C=O) groups excluding carboxylic acids is 1. The summed E-state index contributed by atoms with van der Waals surface area (Å²) in [6.07, 6.45) is 2.22. The van der Waals surface area contributed by atoms with E-state index in [1.165, 1.54) is 16.7 Å². The molecular formula is C21H26N2O. The number of hydrogen-bond acceptors (Lipinski definition) is 2. The number of fused-ring (bicyclic) bond motifs is 1. The topological polar surface area (TPSA) is 23.6 Å². The third-order valence-corrected chi connectivity index (χ3v) is 4.97. The lowest BCUT2D eigenvalue weighted by atomic mass is 10.1. The molecule has 0 bridgehead atoms. The lowest BCUT2D eigenvalue weighted by Crippen LogP contribution is -2.39. The van der Waals surface area contributed by atoms with Crippen LogP contribution in [0.2, 0.25) is 0 Å². The van der Waals surface area contributed by atoms with Gasteiger partial charge in [-0.05, 0) is 43.5 Å². The van der Waals surface area contributed by atoms with E-state index in [9.17, 15) is 4.79 Å². The minimum Gasteiger partial charge on any atom is -0.338 e. The number of rotatable bonds is 6. The Morgan fingerprint density at radius 1 is 1.08 bits per heavy atom. The lowest BCUT2D eigenvalue weighted by Gasteiger charge is -2.28. The van der Waals surface area contributed by atoms with Crippen molar-refractivity contribution in [3.05, 3.63) is 71.3 Å². The van der Waals surface area contributed by atoms with E-state index in [2.05, 4.69) is 48.3 Å². The Balaban J connectivity index is 1.63. The standard InChI is InChI=1S/C21H26N2O/c1-3-23(15-17-9-5-4-6-10-17)21(24)16-22(2)20-14-13-18-11-7-8-12-19(18)20/h4-12,20H,3,13-16H2,1-2H3. The Morgan fingerprint density at radius 3 is 2.54 bits per heavy atom. The van der Waals surface area contributed by atoms with Crippen molar-refractivity contribution < 1.29 is 4.79 Å². The quantitative estimate of drug-likeness (QED) is 0.810. The maximum Gasteiger partial charge on any atom is 0.237 e. The van der Waals surface area contributed by atoms with Crippen LogP contribution in [0, 0.1) is 0 Å². The summed E-state index contributed by atoms with van der Waals surface area (Å²) in [5.41, 5.74) is 4.00. The minimum atomic E-state index is 0.202. The second kappa shape index (κ2) is 7.63. The van der Waals surface area contributed by atoms with Gasteiger partial charge in [-0.2, -0.15) is 0 Å². The van der Waals surface area contributed by atoms with Crippen LogP contribution >= 0.6 is 0 Å². The average molecular weight is 322 g/mol. The predicted octanol–water partition coefficient (Wildman–Crippen LogP) is 3.65. The van der Waals surface area contributed by atoms with Crippen molar-refractivity contribution in [2.45, 2.75) is 32.4 Å². The summed E-state index contributed by atoms with van der Waals surface area (Å²) in [4.78, 5) is 16.9. The molecule has 0 aromatic heterocycles. The van der Waals surface area contributed by atoms with Crippen LogP contribution in [-0.4, -0.2) is 35.8 Å². The largest absolute Gasteiger partial charge is 0.338 e. The summed E-state index contributed by atoms with van der Waals surface area (Å²) in [6, 6.07) is 19.2. The molecule has 0 heterocycles. The Bertz CT molecular complexity index is 683. The van der Waals surface area contributed by atoms with Crippen molar-refractivity contribution in [3.8, 4) is 0 Å². The summed E-state index contributed by atoms with van der Waals surface area (Å²) in [5, 5.41) is 0. The normalized spacial score (nSPS) is 16.2. The predicted molar refractivity (Wildman–Crippen MR) is 97.7 cm³/mol. The van der Waals surface area contributed by atoms with E-state index < -0.39 is 0 Å². The molecule has 2 aromatic rings. The van der Waals surface area contributed by atoms with Gasteiger partial charge in [0.15, 0.2) is 0 Å². The van der Waals surface area contributed by atoms with Gasteiger partial charge in [-0.1, -0.05) is 54.6 Å². The smallest absolute Gasteiger partial charge is 0.237 e.